The second-order valence-electron chi connectivity index (χ2n) is 9.26. The molecule has 44 heavy (non-hydrogen) atoms. The number of aliphatic carboxylic acids is 3. The van der Waals surface area contributed by atoms with Gasteiger partial charge in [0.2, 0.25) is 35.4 Å². The van der Waals surface area contributed by atoms with Gasteiger partial charge in [0.25, 0.3) is 0 Å². The molecule has 0 rings (SSSR count). The first kappa shape index (κ1) is 39.1. The van der Waals surface area contributed by atoms with Crippen molar-refractivity contribution in [2.24, 2.45) is 11.5 Å². The Bertz CT molecular complexity index is 1050. The number of rotatable bonds is 23. The predicted molar refractivity (Wildman–Crippen MR) is 148 cm³/mol. The molecule has 3 atom stereocenters. The second-order valence-corrected chi connectivity index (χ2v) is 9.26. The van der Waals surface area contributed by atoms with Gasteiger partial charge in [0.05, 0.1) is 26.2 Å². The van der Waals surface area contributed by atoms with Crippen molar-refractivity contribution in [1.29, 1.82) is 0 Å². The van der Waals surface area contributed by atoms with Gasteiger partial charge in [-0.1, -0.05) is 0 Å². The monoisotopic (exact) mass is 632 g/mol. The van der Waals surface area contributed by atoms with Crippen molar-refractivity contribution in [2.75, 3.05) is 32.7 Å². The molecule has 0 saturated carbocycles. The first-order valence-corrected chi connectivity index (χ1v) is 13.5. The van der Waals surface area contributed by atoms with E-state index in [2.05, 4.69) is 31.9 Å². The maximum atomic E-state index is 13.0. The average molecular weight is 633 g/mol. The molecule has 0 bridgehead atoms. The third-order valence-corrected chi connectivity index (χ3v) is 5.66. The van der Waals surface area contributed by atoms with Crippen molar-refractivity contribution in [3.05, 3.63) is 0 Å². The highest BCUT2D eigenvalue weighted by molar-refractivity contribution is 5.95. The Morgan fingerprint density at radius 3 is 1.39 bits per heavy atom. The summed E-state index contributed by atoms with van der Waals surface area (Å²) in [6.07, 6.45) is -1.28. The van der Waals surface area contributed by atoms with Crippen LogP contribution in [0.2, 0.25) is 0 Å². The summed E-state index contributed by atoms with van der Waals surface area (Å²) in [6, 6.07) is -4.47. The lowest BCUT2D eigenvalue weighted by Gasteiger charge is -2.24. The maximum Gasteiger partial charge on any atom is 0.326 e. The lowest BCUT2D eigenvalue weighted by Crippen LogP contribution is -2.56. The van der Waals surface area contributed by atoms with Crippen molar-refractivity contribution < 1.29 is 58.5 Å². The van der Waals surface area contributed by atoms with Crippen LogP contribution in [-0.2, 0) is 43.2 Å². The second kappa shape index (κ2) is 21.8. The zero-order valence-electron chi connectivity index (χ0n) is 23.9. The Labute approximate surface area is 251 Å². The average Bonchev–Trinajstić information content (AvgIpc) is 2.96. The smallest absolute Gasteiger partial charge is 0.326 e. The molecule has 0 heterocycles. The number of unbranched alkanes of at least 4 members (excludes halogenated alkanes) is 1. The van der Waals surface area contributed by atoms with Crippen molar-refractivity contribution in [1.82, 2.24) is 31.9 Å². The fraction of sp³-hybridized carbons (Fsp3) is 0.625. The van der Waals surface area contributed by atoms with E-state index < -0.39 is 117 Å². The van der Waals surface area contributed by atoms with Gasteiger partial charge < -0.3 is 58.7 Å². The molecule has 0 spiro atoms. The summed E-state index contributed by atoms with van der Waals surface area (Å²) in [4.78, 5) is 107. The number of carbonyl (C=O) groups excluding carboxylic acids is 6. The molecule has 0 aliphatic rings. The largest absolute Gasteiger partial charge is 0.481 e. The molecule has 0 aliphatic carbocycles. The summed E-state index contributed by atoms with van der Waals surface area (Å²) in [7, 11) is 0. The quantitative estimate of drug-likeness (QED) is 0.0469. The summed E-state index contributed by atoms with van der Waals surface area (Å²) >= 11 is 0. The molecular weight excluding hydrogens is 592 g/mol. The van der Waals surface area contributed by atoms with Crippen LogP contribution in [-0.4, -0.2) is 120 Å². The Balaban J connectivity index is 5.33. The van der Waals surface area contributed by atoms with E-state index in [-0.39, 0.29) is 19.5 Å². The van der Waals surface area contributed by atoms with E-state index in [1.807, 2.05) is 0 Å². The van der Waals surface area contributed by atoms with Crippen LogP contribution in [0.15, 0.2) is 0 Å². The minimum absolute atomic E-state index is 0.00934. The molecule has 13 N–H and O–H groups in total. The lowest BCUT2D eigenvalue weighted by molar-refractivity contribution is -0.143. The number of nitrogens with one attached hydrogen (secondary N) is 6. The van der Waals surface area contributed by atoms with E-state index in [0.717, 1.165) is 0 Å². The van der Waals surface area contributed by atoms with E-state index in [9.17, 15) is 48.3 Å². The summed E-state index contributed by atoms with van der Waals surface area (Å²) < 4.78 is 0. The Morgan fingerprint density at radius 2 is 0.955 bits per heavy atom. The molecular formula is C24H40N8O12. The normalized spacial score (nSPS) is 12.4. The van der Waals surface area contributed by atoms with Crippen molar-refractivity contribution in [2.45, 2.75) is 63.1 Å². The fourth-order valence-corrected chi connectivity index (χ4v) is 3.35. The van der Waals surface area contributed by atoms with Crippen LogP contribution in [0.3, 0.4) is 0 Å². The first-order valence-electron chi connectivity index (χ1n) is 13.5. The summed E-state index contributed by atoms with van der Waals surface area (Å²) in [5, 5.41) is 40.7. The van der Waals surface area contributed by atoms with Crippen LogP contribution in [0.25, 0.3) is 0 Å². The van der Waals surface area contributed by atoms with Crippen molar-refractivity contribution >= 4 is 53.4 Å². The predicted octanol–water partition coefficient (Wildman–Crippen LogP) is -5.31. The van der Waals surface area contributed by atoms with Crippen LogP contribution < -0.4 is 43.4 Å². The summed E-state index contributed by atoms with van der Waals surface area (Å²) in [5.41, 5.74) is 10.5. The molecule has 0 aromatic rings. The lowest BCUT2D eigenvalue weighted by atomic mass is 10.1. The number of carboxylic acid groups (broad SMARTS) is 3. The summed E-state index contributed by atoms with van der Waals surface area (Å²) in [6.45, 7) is -1.77. The third kappa shape index (κ3) is 18.6. The zero-order chi connectivity index (χ0) is 33.7. The van der Waals surface area contributed by atoms with Gasteiger partial charge >= 0.3 is 17.9 Å². The molecule has 0 aliphatic heterocycles. The number of carbonyl (C=O) groups is 9. The van der Waals surface area contributed by atoms with E-state index >= 15 is 0 Å². The molecule has 6 amide bonds. The van der Waals surface area contributed by atoms with Crippen molar-refractivity contribution in [3.63, 3.8) is 0 Å². The highest BCUT2D eigenvalue weighted by Gasteiger charge is 2.30. The van der Waals surface area contributed by atoms with E-state index in [1.54, 1.807) is 0 Å². The number of nitrogens with two attached hydrogens (primary N) is 2. The van der Waals surface area contributed by atoms with Gasteiger partial charge in [0.1, 0.15) is 18.1 Å². The number of hydrogen-bond acceptors (Lipinski definition) is 11. The van der Waals surface area contributed by atoms with Gasteiger partial charge in [-0.3, -0.25) is 38.4 Å². The fourth-order valence-electron chi connectivity index (χ4n) is 3.35. The number of amides is 6. The molecule has 20 heteroatoms. The van der Waals surface area contributed by atoms with Crippen LogP contribution in [0.4, 0.5) is 0 Å². The van der Waals surface area contributed by atoms with Gasteiger partial charge in [0, 0.05) is 12.8 Å². The van der Waals surface area contributed by atoms with E-state index in [1.165, 1.54) is 0 Å². The van der Waals surface area contributed by atoms with E-state index in [4.69, 9.17) is 21.7 Å². The van der Waals surface area contributed by atoms with Crippen LogP contribution in [0.5, 0.6) is 0 Å². The molecule has 0 aromatic heterocycles. The van der Waals surface area contributed by atoms with Gasteiger partial charge in [-0.25, -0.2) is 4.79 Å². The maximum absolute atomic E-state index is 13.0. The standard InChI is InChI=1S/C24H40N8O12/c25-8-2-1-3-15(24(43)44)32-23(42)14(5-7-21(39)40)31-22(41)13(4-6-20(37)38)30-19(36)12-29-18(35)11-28-17(34)10-27-16(33)9-26/h13-15H,1-12,25-26H2,(H,27,33)(H,28,34)(H,29,35)(H,30,36)(H,31,41)(H,32,42)(H,37,38)(H,39,40)(H,43,44)/t13-,14-,15-/m0/s1. The van der Waals surface area contributed by atoms with Gasteiger partial charge in [0.15, 0.2) is 0 Å². The van der Waals surface area contributed by atoms with E-state index in [0.29, 0.717) is 12.8 Å². The van der Waals surface area contributed by atoms with Crippen LogP contribution >= 0.6 is 0 Å². The van der Waals surface area contributed by atoms with Gasteiger partial charge in [-0.15, -0.1) is 0 Å². The molecule has 20 nitrogen and oxygen atoms in total. The molecule has 248 valence electrons. The zero-order valence-corrected chi connectivity index (χ0v) is 23.9. The Kier molecular flexibility index (Phi) is 19.4. The first-order chi connectivity index (χ1) is 20.7. The summed E-state index contributed by atoms with van der Waals surface area (Å²) in [5.74, 6) is -9.20. The van der Waals surface area contributed by atoms with Gasteiger partial charge in [-0.05, 0) is 38.6 Å². The minimum Gasteiger partial charge on any atom is -0.481 e. The van der Waals surface area contributed by atoms with Gasteiger partial charge in [-0.2, -0.15) is 0 Å². The minimum atomic E-state index is -1.56. The highest BCUT2D eigenvalue weighted by atomic mass is 16.4. The molecule has 0 fully saturated rings. The van der Waals surface area contributed by atoms with Crippen molar-refractivity contribution in [3.8, 4) is 0 Å². The third-order valence-electron chi connectivity index (χ3n) is 5.66. The Hall–Kier alpha value is -4.85. The molecule has 0 radical (unpaired) electrons. The molecule has 0 saturated heterocycles. The Morgan fingerprint density at radius 1 is 0.523 bits per heavy atom. The number of hydrogen-bond donors (Lipinski definition) is 11. The SMILES string of the molecule is NCCCC[C@H](NC(=O)[C@H](CCC(=O)O)NC(=O)[C@H](CCC(=O)O)NC(=O)CNC(=O)CNC(=O)CNC(=O)CN)C(=O)O. The molecule has 0 aromatic carbocycles. The number of carboxylic acids is 3. The van der Waals surface area contributed by atoms with Crippen LogP contribution in [0.1, 0.15) is 44.9 Å². The topological polar surface area (TPSA) is 339 Å². The van der Waals surface area contributed by atoms with Crippen LogP contribution in [0, 0.1) is 0 Å². The highest BCUT2D eigenvalue weighted by Crippen LogP contribution is 2.06. The molecule has 0 unspecified atom stereocenters.